The maximum atomic E-state index is 13.2. The molecule has 3 rings (SSSR count). The fraction of sp³-hybridized carbons (Fsp3) is 0.0476. The Morgan fingerprint density at radius 1 is 0.636 bits per heavy atom. The lowest BCUT2D eigenvalue weighted by atomic mass is 9.91. The molecule has 0 aromatic heterocycles. The molecule has 0 aliphatic rings. The molecule has 0 aliphatic carbocycles. The van der Waals surface area contributed by atoms with E-state index in [2.05, 4.69) is 11.8 Å². The van der Waals surface area contributed by atoms with Crippen LogP contribution in [0.1, 0.15) is 22.6 Å². The van der Waals surface area contributed by atoms with Crippen molar-refractivity contribution >= 4 is 0 Å². The number of hydrogen-bond donors (Lipinski definition) is 0. The third-order valence-corrected chi connectivity index (χ3v) is 3.47. The van der Waals surface area contributed by atoms with Crippen molar-refractivity contribution in [2.45, 2.75) is 5.92 Å². The Bertz CT molecular complexity index is 778. The summed E-state index contributed by atoms with van der Waals surface area (Å²) in [5, 5.41) is 0. The highest BCUT2D eigenvalue weighted by atomic mass is 19.1. The van der Waals surface area contributed by atoms with Crippen molar-refractivity contribution < 1.29 is 4.39 Å². The van der Waals surface area contributed by atoms with E-state index in [9.17, 15) is 4.39 Å². The summed E-state index contributed by atoms with van der Waals surface area (Å²) in [4.78, 5) is 0. The van der Waals surface area contributed by atoms with Crippen LogP contribution in [-0.4, -0.2) is 0 Å². The highest BCUT2D eigenvalue weighted by Gasteiger charge is 2.11. The summed E-state index contributed by atoms with van der Waals surface area (Å²) in [7, 11) is 0. The summed E-state index contributed by atoms with van der Waals surface area (Å²) in [6.45, 7) is 0. The van der Waals surface area contributed by atoms with Gasteiger partial charge in [-0.15, -0.1) is 0 Å². The molecule has 0 bridgehead atoms. The smallest absolute Gasteiger partial charge is 0.123 e. The van der Waals surface area contributed by atoms with Gasteiger partial charge in [0.25, 0.3) is 0 Å². The highest BCUT2D eigenvalue weighted by Crippen LogP contribution is 2.24. The van der Waals surface area contributed by atoms with E-state index >= 15 is 0 Å². The summed E-state index contributed by atoms with van der Waals surface area (Å²) in [5.74, 6) is 6.23. The number of benzene rings is 3. The first-order valence-corrected chi connectivity index (χ1v) is 7.20. The van der Waals surface area contributed by atoms with E-state index in [4.69, 9.17) is 0 Å². The molecule has 0 fully saturated rings. The standard InChI is InChI=1S/C21H15F/c22-20-14-12-19(13-15-20)21(18-9-5-2-6-10-18)16-11-17-7-3-1-4-8-17/h1-10,12-15,21H. The maximum absolute atomic E-state index is 13.2. The molecule has 0 radical (unpaired) electrons. The van der Waals surface area contributed by atoms with Gasteiger partial charge in [0.2, 0.25) is 0 Å². The van der Waals surface area contributed by atoms with Gasteiger partial charge in [0.1, 0.15) is 5.82 Å². The zero-order chi connectivity index (χ0) is 15.2. The fourth-order valence-corrected chi connectivity index (χ4v) is 2.34. The summed E-state index contributed by atoms with van der Waals surface area (Å²) in [6.07, 6.45) is 0. The predicted octanol–water partition coefficient (Wildman–Crippen LogP) is 5.01. The largest absolute Gasteiger partial charge is 0.207 e. The minimum atomic E-state index is -0.230. The Hall–Kier alpha value is -2.85. The number of hydrogen-bond acceptors (Lipinski definition) is 0. The van der Waals surface area contributed by atoms with E-state index in [0.717, 1.165) is 16.7 Å². The molecule has 0 heterocycles. The van der Waals surface area contributed by atoms with Gasteiger partial charge >= 0.3 is 0 Å². The van der Waals surface area contributed by atoms with E-state index in [-0.39, 0.29) is 11.7 Å². The average Bonchev–Trinajstić information content (AvgIpc) is 2.58. The van der Waals surface area contributed by atoms with Gasteiger partial charge in [0, 0.05) is 5.56 Å². The second kappa shape index (κ2) is 6.74. The first-order valence-electron chi connectivity index (χ1n) is 7.20. The van der Waals surface area contributed by atoms with Gasteiger partial charge in [-0.25, -0.2) is 4.39 Å². The number of halogens is 1. The van der Waals surface area contributed by atoms with Crippen LogP contribution in [0.25, 0.3) is 0 Å². The first-order chi connectivity index (χ1) is 10.8. The van der Waals surface area contributed by atoms with Crippen LogP contribution in [0, 0.1) is 17.7 Å². The van der Waals surface area contributed by atoms with Crippen LogP contribution >= 0.6 is 0 Å². The molecule has 1 unspecified atom stereocenters. The second-order valence-electron chi connectivity index (χ2n) is 5.03. The van der Waals surface area contributed by atoms with Crippen molar-refractivity contribution in [1.29, 1.82) is 0 Å². The van der Waals surface area contributed by atoms with Gasteiger partial charge in [-0.3, -0.25) is 0 Å². The summed E-state index contributed by atoms with van der Waals surface area (Å²) in [5.41, 5.74) is 3.08. The topological polar surface area (TPSA) is 0 Å². The molecule has 0 saturated carbocycles. The Kier molecular flexibility index (Phi) is 4.32. The molecule has 1 atom stereocenters. The molecule has 22 heavy (non-hydrogen) atoms. The summed E-state index contributed by atoms with van der Waals surface area (Å²) >= 11 is 0. The number of rotatable bonds is 2. The van der Waals surface area contributed by atoms with E-state index in [1.54, 1.807) is 12.1 Å². The van der Waals surface area contributed by atoms with Gasteiger partial charge in [-0.1, -0.05) is 72.5 Å². The Balaban J connectivity index is 2.01. The Labute approximate surface area is 130 Å². The van der Waals surface area contributed by atoms with Crippen molar-refractivity contribution in [2.75, 3.05) is 0 Å². The van der Waals surface area contributed by atoms with Crippen LogP contribution < -0.4 is 0 Å². The Morgan fingerprint density at radius 3 is 1.82 bits per heavy atom. The molecule has 0 nitrogen and oxygen atoms in total. The monoisotopic (exact) mass is 286 g/mol. The van der Waals surface area contributed by atoms with Gasteiger partial charge in [0.15, 0.2) is 0 Å². The SMILES string of the molecule is Fc1ccc(C(C#Cc2ccccc2)c2ccccc2)cc1. The third-order valence-electron chi connectivity index (χ3n) is 3.47. The summed E-state index contributed by atoms with van der Waals surface area (Å²) < 4.78 is 13.2. The summed E-state index contributed by atoms with van der Waals surface area (Å²) in [6, 6.07) is 26.5. The van der Waals surface area contributed by atoms with Gasteiger partial charge < -0.3 is 0 Å². The van der Waals surface area contributed by atoms with Crippen molar-refractivity contribution in [3.63, 3.8) is 0 Å². The van der Waals surface area contributed by atoms with Crippen molar-refractivity contribution in [1.82, 2.24) is 0 Å². The maximum Gasteiger partial charge on any atom is 0.123 e. The van der Waals surface area contributed by atoms with E-state index in [1.165, 1.54) is 12.1 Å². The van der Waals surface area contributed by atoms with Crippen LogP contribution in [-0.2, 0) is 0 Å². The molecular formula is C21H15F. The van der Waals surface area contributed by atoms with Gasteiger partial charge in [-0.2, -0.15) is 0 Å². The van der Waals surface area contributed by atoms with Gasteiger partial charge in [-0.05, 0) is 35.4 Å². The van der Waals surface area contributed by atoms with E-state index < -0.39 is 0 Å². The zero-order valence-corrected chi connectivity index (χ0v) is 12.0. The molecule has 0 N–H and O–H groups in total. The first kappa shape index (κ1) is 14.1. The van der Waals surface area contributed by atoms with Crippen LogP contribution in [0.3, 0.4) is 0 Å². The molecule has 3 aromatic rings. The molecule has 1 heteroatoms. The van der Waals surface area contributed by atoms with Crippen LogP contribution in [0.5, 0.6) is 0 Å². The lowest BCUT2D eigenvalue weighted by molar-refractivity contribution is 0.627. The lowest BCUT2D eigenvalue weighted by Crippen LogP contribution is -1.98. The lowest BCUT2D eigenvalue weighted by Gasteiger charge is -2.11. The molecule has 0 saturated heterocycles. The highest BCUT2D eigenvalue weighted by molar-refractivity contribution is 5.44. The molecule has 0 spiro atoms. The fourth-order valence-electron chi connectivity index (χ4n) is 2.34. The zero-order valence-electron chi connectivity index (χ0n) is 12.0. The molecule has 3 aromatic carbocycles. The molecule has 106 valence electrons. The quantitative estimate of drug-likeness (QED) is 0.581. The molecule has 0 amide bonds. The molecule has 0 aliphatic heterocycles. The van der Waals surface area contributed by atoms with Crippen molar-refractivity contribution in [3.8, 4) is 11.8 Å². The third kappa shape index (κ3) is 3.42. The van der Waals surface area contributed by atoms with Crippen LogP contribution in [0.2, 0.25) is 0 Å². The van der Waals surface area contributed by atoms with Crippen molar-refractivity contribution in [2.24, 2.45) is 0 Å². The Morgan fingerprint density at radius 2 is 1.18 bits per heavy atom. The normalized spacial score (nSPS) is 11.3. The molecular weight excluding hydrogens is 271 g/mol. The van der Waals surface area contributed by atoms with Crippen LogP contribution in [0.4, 0.5) is 4.39 Å². The van der Waals surface area contributed by atoms with E-state index in [0.29, 0.717) is 0 Å². The second-order valence-corrected chi connectivity index (χ2v) is 5.03. The van der Waals surface area contributed by atoms with Crippen molar-refractivity contribution in [3.05, 3.63) is 107 Å². The van der Waals surface area contributed by atoms with Gasteiger partial charge in [0.05, 0.1) is 5.92 Å². The predicted molar refractivity (Wildman–Crippen MR) is 88.0 cm³/mol. The minimum Gasteiger partial charge on any atom is -0.207 e. The average molecular weight is 286 g/mol. The minimum absolute atomic E-state index is 0.0676. The van der Waals surface area contributed by atoms with Crippen LogP contribution in [0.15, 0.2) is 84.9 Å². The van der Waals surface area contributed by atoms with E-state index in [1.807, 2.05) is 60.7 Å².